The Morgan fingerprint density at radius 1 is 1.28 bits per heavy atom. The van der Waals surface area contributed by atoms with Gasteiger partial charge in [-0.15, -0.1) is 0 Å². The third-order valence-electron chi connectivity index (χ3n) is 3.17. The molecule has 1 aromatic carbocycles. The number of hydrogen-bond donors (Lipinski definition) is 1. The molecule has 3 nitrogen and oxygen atoms in total. The fourth-order valence-electron chi connectivity index (χ4n) is 2.11. The fourth-order valence-corrected chi connectivity index (χ4v) is 2.11. The Balaban J connectivity index is 3.04. The van der Waals surface area contributed by atoms with Crippen LogP contribution in [0.3, 0.4) is 0 Å². The molecule has 0 aliphatic carbocycles. The summed E-state index contributed by atoms with van der Waals surface area (Å²) in [5, 5.41) is 20.7. The van der Waals surface area contributed by atoms with Gasteiger partial charge in [0, 0.05) is 0 Å². The van der Waals surface area contributed by atoms with E-state index in [4.69, 9.17) is 5.26 Å². The van der Waals surface area contributed by atoms with Crippen molar-refractivity contribution in [3.05, 3.63) is 35.9 Å². The van der Waals surface area contributed by atoms with E-state index in [0.717, 1.165) is 5.56 Å². The SMILES string of the molecule is CC(C)C(c1ccccc1)N(O)C(C)(C)CC#N. The average Bonchev–Trinajstić information content (AvgIpc) is 2.30. The predicted octanol–water partition coefficient (Wildman–Crippen LogP) is 3.77. The molecule has 0 amide bonds. The molecule has 3 heteroatoms. The second-order valence-corrected chi connectivity index (χ2v) is 5.59. The molecule has 0 radical (unpaired) electrons. The van der Waals surface area contributed by atoms with Crippen LogP contribution < -0.4 is 0 Å². The van der Waals surface area contributed by atoms with E-state index in [1.807, 2.05) is 44.2 Å². The maximum Gasteiger partial charge on any atom is 0.0641 e. The van der Waals surface area contributed by atoms with Crippen LogP contribution in [0.1, 0.15) is 45.7 Å². The number of hydroxylamine groups is 2. The monoisotopic (exact) mass is 246 g/mol. The van der Waals surface area contributed by atoms with Crippen molar-refractivity contribution in [2.75, 3.05) is 0 Å². The lowest BCUT2D eigenvalue weighted by Gasteiger charge is -2.39. The zero-order chi connectivity index (χ0) is 13.8. The van der Waals surface area contributed by atoms with E-state index in [1.165, 1.54) is 5.06 Å². The first-order valence-corrected chi connectivity index (χ1v) is 6.30. The standard InChI is InChI=1S/C15H22N2O/c1-12(2)14(13-8-6-5-7-9-13)17(18)15(3,4)10-11-16/h5-9,12,14,18H,10H2,1-4H3. The lowest BCUT2D eigenvalue weighted by molar-refractivity contribution is -0.203. The first-order chi connectivity index (χ1) is 8.40. The molecule has 1 rings (SSSR count). The van der Waals surface area contributed by atoms with Gasteiger partial charge in [-0.1, -0.05) is 44.2 Å². The summed E-state index contributed by atoms with van der Waals surface area (Å²) in [5.74, 6) is 0.260. The van der Waals surface area contributed by atoms with Crippen LogP contribution in [0, 0.1) is 17.2 Å². The van der Waals surface area contributed by atoms with Gasteiger partial charge in [-0.25, -0.2) is 0 Å². The molecular formula is C15H22N2O. The molecule has 1 atom stereocenters. The Morgan fingerprint density at radius 2 is 1.83 bits per heavy atom. The summed E-state index contributed by atoms with van der Waals surface area (Å²) in [5.41, 5.74) is 0.514. The number of nitrogens with zero attached hydrogens (tertiary/aromatic N) is 2. The van der Waals surface area contributed by atoms with Crippen LogP contribution in [-0.2, 0) is 0 Å². The third-order valence-corrected chi connectivity index (χ3v) is 3.17. The zero-order valence-corrected chi connectivity index (χ0v) is 11.6. The highest BCUT2D eigenvalue weighted by atomic mass is 16.5. The molecule has 0 spiro atoms. The molecule has 0 saturated carbocycles. The van der Waals surface area contributed by atoms with Gasteiger partial charge < -0.3 is 5.21 Å². The molecule has 18 heavy (non-hydrogen) atoms. The second kappa shape index (κ2) is 5.99. The molecule has 1 N–H and O–H groups in total. The minimum absolute atomic E-state index is 0.102. The molecular weight excluding hydrogens is 224 g/mol. The summed E-state index contributed by atoms with van der Waals surface area (Å²) in [4.78, 5) is 0. The lowest BCUT2D eigenvalue weighted by atomic mass is 9.90. The Morgan fingerprint density at radius 3 is 2.28 bits per heavy atom. The van der Waals surface area contributed by atoms with Crippen LogP contribution in [0.15, 0.2) is 30.3 Å². The van der Waals surface area contributed by atoms with Crippen molar-refractivity contribution in [1.82, 2.24) is 5.06 Å². The largest absolute Gasteiger partial charge is 0.313 e. The molecule has 1 unspecified atom stereocenters. The quantitative estimate of drug-likeness (QED) is 0.804. The van der Waals surface area contributed by atoms with Crippen molar-refractivity contribution in [3.8, 4) is 6.07 Å². The van der Waals surface area contributed by atoms with Gasteiger partial charge in [-0.2, -0.15) is 10.3 Å². The van der Waals surface area contributed by atoms with Crippen molar-refractivity contribution in [1.29, 1.82) is 5.26 Å². The highest BCUT2D eigenvalue weighted by Crippen LogP contribution is 2.33. The van der Waals surface area contributed by atoms with Crippen LogP contribution in [0.5, 0.6) is 0 Å². The summed E-state index contributed by atoms with van der Waals surface area (Å²) in [6, 6.07) is 11.9. The summed E-state index contributed by atoms with van der Waals surface area (Å²) < 4.78 is 0. The van der Waals surface area contributed by atoms with Gasteiger partial charge >= 0.3 is 0 Å². The van der Waals surface area contributed by atoms with E-state index in [1.54, 1.807) is 0 Å². The molecule has 98 valence electrons. The zero-order valence-electron chi connectivity index (χ0n) is 11.6. The summed E-state index contributed by atoms with van der Waals surface area (Å²) in [7, 11) is 0. The molecule has 0 bridgehead atoms. The Kier molecular flexibility index (Phi) is 4.89. The predicted molar refractivity (Wildman–Crippen MR) is 72.0 cm³/mol. The Bertz CT molecular complexity index is 406. The third kappa shape index (κ3) is 3.32. The Labute approximate surface area is 110 Å². The topological polar surface area (TPSA) is 47.3 Å². The van der Waals surface area contributed by atoms with E-state index >= 15 is 0 Å². The van der Waals surface area contributed by atoms with E-state index in [9.17, 15) is 5.21 Å². The maximum atomic E-state index is 10.5. The highest BCUT2D eigenvalue weighted by Gasteiger charge is 2.34. The van der Waals surface area contributed by atoms with E-state index in [0.29, 0.717) is 6.42 Å². The van der Waals surface area contributed by atoms with Crippen molar-refractivity contribution in [3.63, 3.8) is 0 Å². The molecule has 1 aromatic rings. The van der Waals surface area contributed by atoms with Crippen LogP contribution in [0.25, 0.3) is 0 Å². The van der Waals surface area contributed by atoms with Crippen LogP contribution >= 0.6 is 0 Å². The molecule has 0 fully saturated rings. The maximum absolute atomic E-state index is 10.5. The van der Waals surface area contributed by atoms with Crippen LogP contribution in [0.2, 0.25) is 0 Å². The first-order valence-electron chi connectivity index (χ1n) is 6.30. The second-order valence-electron chi connectivity index (χ2n) is 5.59. The Hall–Kier alpha value is -1.37. The molecule has 0 aliphatic heterocycles. The van der Waals surface area contributed by atoms with Crippen LogP contribution in [0.4, 0.5) is 0 Å². The number of hydrogen-bond acceptors (Lipinski definition) is 3. The van der Waals surface area contributed by atoms with Gasteiger partial charge in [0.05, 0.1) is 24.1 Å². The summed E-state index contributed by atoms with van der Waals surface area (Å²) in [6.45, 7) is 7.91. The van der Waals surface area contributed by atoms with Gasteiger partial charge in [0.25, 0.3) is 0 Å². The van der Waals surface area contributed by atoms with Crippen molar-refractivity contribution in [2.45, 2.75) is 45.7 Å². The molecule has 0 aliphatic rings. The minimum Gasteiger partial charge on any atom is -0.313 e. The van der Waals surface area contributed by atoms with Crippen molar-refractivity contribution in [2.24, 2.45) is 5.92 Å². The van der Waals surface area contributed by atoms with Gasteiger partial charge in [0.1, 0.15) is 0 Å². The van der Waals surface area contributed by atoms with Gasteiger partial charge in [0.2, 0.25) is 0 Å². The number of nitriles is 1. The van der Waals surface area contributed by atoms with Gasteiger partial charge in [0.15, 0.2) is 0 Å². The molecule has 0 heterocycles. The highest BCUT2D eigenvalue weighted by molar-refractivity contribution is 5.19. The normalized spacial score (nSPS) is 13.7. The number of rotatable bonds is 5. The van der Waals surface area contributed by atoms with E-state index in [-0.39, 0.29) is 12.0 Å². The van der Waals surface area contributed by atoms with E-state index in [2.05, 4.69) is 19.9 Å². The van der Waals surface area contributed by atoms with Crippen molar-refractivity contribution < 1.29 is 5.21 Å². The summed E-state index contributed by atoms with van der Waals surface area (Å²) in [6.07, 6.45) is 0.291. The average molecular weight is 246 g/mol. The molecule has 0 aromatic heterocycles. The number of benzene rings is 1. The fraction of sp³-hybridized carbons (Fsp3) is 0.533. The smallest absolute Gasteiger partial charge is 0.0641 e. The van der Waals surface area contributed by atoms with E-state index < -0.39 is 5.54 Å². The lowest BCUT2D eigenvalue weighted by Crippen LogP contribution is -2.45. The van der Waals surface area contributed by atoms with Gasteiger partial charge in [-0.3, -0.25) is 0 Å². The van der Waals surface area contributed by atoms with Crippen LogP contribution in [-0.4, -0.2) is 15.8 Å². The van der Waals surface area contributed by atoms with Gasteiger partial charge in [-0.05, 0) is 25.3 Å². The molecule has 0 saturated heterocycles. The first kappa shape index (κ1) is 14.7. The summed E-state index contributed by atoms with van der Waals surface area (Å²) >= 11 is 0. The van der Waals surface area contributed by atoms with Crippen molar-refractivity contribution >= 4 is 0 Å². The minimum atomic E-state index is -0.556.